The van der Waals surface area contributed by atoms with Crippen LogP contribution < -0.4 is 23.7 Å². The van der Waals surface area contributed by atoms with E-state index in [4.69, 9.17) is 28.4 Å². The molecule has 4 N–H and O–H groups in total. The Bertz CT molecular complexity index is 1020. The first-order chi connectivity index (χ1) is 16.0. The summed E-state index contributed by atoms with van der Waals surface area (Å²) < 4.78 is 34.5. The second-order valence-corrected chi connectivity index (χ2v) is 8.19. The van der Waals surface area contributed by atoms with Gasteiger partial charge in [-0.2, -0.15) is 0 Å². The summed E-state index contributed by atoms with van der Waals surface area (Å²) in [5, 5.41) is 40.1. The van der Waals surface area contributed by atoms with Crippen molar-refractivity contribution in [1.82, 2.24) is 0 Å². The molecule has 0 saturated carbocycles. The highest BCUT2D eigenvalue weighted by Crippen LogP contribution is 2.56. The molecule has 0 bridgehead atoms. The molecule has 178 valence electrons. The van der Waals surface area contributed by atoms with Gasteiger partial charge in [0.05, 0.1) is 33.4 Å². The lowest BCUT2D eigenvalue weighted by Gasteiger charge is -2.39. The van der Waals surface area contributed by atoms with Crippen LogP contribution in [0.25, 0.3) is 0 Å². The molecular formula is C23H26O10. The average molecular weight is 462 g/mol. The molecule has 0 amide bonds. The highest BCUT2D eigenvalue weighted by atomic mass is 16.7. The zero-order valence-electron chi connectivity index (χ0n) is 18.1. The van der Waals surface area contributed by atoms with E-state index in [1.165, 1.54) is 7.11 Å². The van der Waals surface area contributed by atoms with E-state index >= 15 is 0 Å². The number of ether oxygens (including phenoxy) is 6. The Morgan fingerprint density at radius 1 is 0.970 bits per heavy atom. The first-order valence-electron chi connectivity index (χ1n) is 10.6. The van der Waals surface area contributed by atoms with Crippen molar-refractivity contribution in [3.05, 3.63) is 41.5 Å². The summed E-state index contributed by atoms with van der Waals surface area (Å²) in [6.07, 6.45) is -7.43. The molecular weight excluding hydrogens is 436 g/mol. The highest BCUT2D eigenvalue weighted by molar-refractivity contribution is 5.61. The van der Waals surface area contributed by atoms with E-state index in [1.54, 1.807) is 13.2 Å². The summed E-state index contributed by atoms with van der Waals surface area (Å²) in [4.78, 5) is 0. The fourth-order valence-electron chi connectivity index (χ4n) is 4.54. The van der Waals surface area contributed by atoms with Gasteiger partial charge in [-0.15, -0.1) is 0 Å². The molecule has 0 aromatic heterocycles. The van der Waals surface area contributed by atoms with Gasteiger partial charge >= 0.3 is 0 Å². The molecule has 33 heavy (non-hydrogen) atoms. The molecule has 2 aromatic rings. The van der Waals surface area contributed by atoms with Crippen molar-refractivity contribution in [3.8, 4) is 28.7 Å². The van der Waals surface area contributed by atoms with Crippen LogP contribution in [-0.4, -0.2) is 78.6 Å². The van der Waals surface area contributed by atoms with Crippen molar-refractivity contribution in [2.75, 3.05) is 27.4 Å². The maximum absolute atomic E-state index is 10.4. The average Bonchev–Trinajstić information content (AvgIpc) is 3.23. The van der Waals surface area contributed by atoms with Gasteiger partial charge in [-0.25, -0.2) is 0 Å². The number of hydrogen-bond acceptors (Lipinski definition) is 10. The van der Waals surface area contributed by atoms with E-state index in [9.17, 15) is 20.4 Å². The summed E-state index contributed by atoms with van der Waals surface area (Å²) in [5.41, 5.74) is 1.70. The third kappa shape index (κ3) is 3.54. The Morgan fingerprint density at radius 3 is 2.48 bits per heavy atom. The second-order valence-electron chi connectivity index (χ2n) is 8.19. The van der Waals surface area contributed by atoms with Crippen LogP contribution in [0.15, 0.2) is 30.3 Å². The van der Waals surface area contributed by atoms with Crippen LogP contribution in [0, 0.1) is 0 Å². The second kappa shape index (κ2) is 8.54. The van der Waals surface area contributed by atoms with Gasteiger partial charge in [0.2, 0.25) is 12.0 Å². The van der Waals surface area contributed by atoms with E-state index in [1.807, 2.05) is 24.3 Å². The number of aliphatic hydroxyl groups excluding tert-OH is 4. The van der Waals surface area contributed by atoms with Crippen LogP contribution in [0.5, 0.6) is 28.7 Å². The summed E-state index contributed by atoms with van der Waals surface area (Å²) in [7, 11) is 3.05. The van der Waals surface area contributed by atoms with Gasteiger partial charge in [0.1, 0.15) is 42.0 Å². The molecule has 2 aromatic carbocycles. The van der Waals surface area contributed by atoms with Gasteiger partial charge in [0.25, 0.3) is 0 Å². The molecule has 0 spiro atoms. The van der Waals surface area contributed by atoms with Gasteiger partial charge in [0, 0.05) is 17.2 Å². The fourth-order valence-corrected chi connectivity index (χ4v) is 4.54. The van der Waals surface area contributed by atoms with Gasteiger partial charge < -0.3 is 48.8 Å². The highest BCUT2D eigenvalue weighted by Gasteiger charge is 2.47. The van der Waals surface area contributed by atoms with Crippen molar-refractivity contribution in [2.45, 2.75) is 42.7 Å². The van der Waals surface area contributed by atoms with E-state index in [2.05, 4.69) is 0 Å². The van der Waals surface area contributed by atoms with Gasteiger partial charge in [0.15, 0.2) is 11.5 Å². The third-order valence-electron chi connectivity index (χ3n) is 6.36. The quantitative estimate of drug-likeness (QED) is 0.497. The number of aliphatic hydroxyl groups is 4. The minimum Gasteiger partial charge on any atom is -0.497 e. The van der Waals surface area contributed by atoms with Gasteiger partial charge in [-0.1, -0.05) is 6.07 Å². The smallest absolute Gasteiger partial charge is 0.229 e. The Morgan fingerprint density at radius 2 is 1.76 bits per heavy atom. The van der Waals surface area contributed by atoms with Crippen LogP contribution in [0.4, 0.5) is 0 Å². The number of rotatable bonds is 5. The number of benzene rings is 2. The Kier molecular flexibility index (Phi) is 5.71. The predicted octanol–water partition coefficient (Wildman–Crippen LogP) is 0.492. The molecule has 1 fully saturated rings. The van der Waals surface area contributed by atoms with Gasteiger partial charge in [-0.05, 0) is 18.2 Å². The number of methoxy groups -OCH3 is 2. The summed E-state index contributed by atoms with van der Waals surface area (Å²) in [6, 6.07) is 9.13. The van der Waals surface area contributed by atoms with Crippen molar-refractivity contribution in [2.24, 2.45) is 0 Å². The van der Waals surface area contributed by atoms with Crippen LogP contribution >= 0.6 is 0 Å². The molecule has 0 aliphatic carbocycles. The maximum Gasteiger partial charge on any atom is 0.229 e. The van der Waals surface area contributed by atoms with Crippen molar-refractivity contribution in [1.29, 1.82) is 0 Å². The van der Waals surface area contributed by atoms with E-state index < -0.39 is 37.3 Å². The number of hydrogen-bond donors (Lipinski definition) is 4. The van der Waals surface area contributed by atoms with Crippen molar-refractivity contribution >= 4 is 0 Å². The molecule has 7 unspecified atom stereocenters. The third-order valence-corrected chi connectivity index (χ3v) is 6.36. The van der Waals surface area contributed by atoms with E-state index in [0.717, 1.165) is 11.1 Å². The SMILES string of the molecule is COc1ccc2c(c1)OCC1c3ccc(OC)c(OC4OC(CO)C(O)C(O)C4O)c3OC21. The molecule has 10 nitrogen and oxygen atoms in total. The predicted molar refractivity (Wildman–Crippen MR) is 112 cm³/mol. The van der Waals surface area contributed by atoms with Crippen molar-refractivity contribution < 1.29 is 48.8 Å². The first-order valence-corrected chi connectivity index (χ1v) is 10.6. The molecule has 5 rings (SSSR count). The zero-order valence-corrected chi connectivity index (χ0v) is 18.1. The van der Waals surface area contributed by atoms with Crippen LogP contribution in [0.2, 0.25) is 0 Å². The van der Waals surface area contributed by atoms with E-state index in [0.29, 0.717) is 29.6 Å². The van der Waals surface area contributed by atoms with Crippen LogP contribution in [-0.2, 0) is 4.74 Å². The minimum atomic E-state index is -1.57. The molecule has 3 heterocycles. The largest absolute Gasteiger partial charge is 0.497 e. The lowest BCUT2D eigenvalue weighted by Crippen LogP contribution is -2.60. The standard InChI is InChI=1S/C23H26O10/c1-28-10-3-4-12-15(7-10)30-9-13-11-5-6-14(29-2)22(21(11)32-20(12)13)33-23-19(27)18(26)17(25)16(8-24)31-23/h3-7,13,16-20,23-27H,8-9H2,1-2H3. The molecule has 7 atom stereocenters. The molecule has 0 radical (unpaired) electrons. The lowest BCUT2D eigenvalue weighted by molar-refractivity contribution is -0.277. The fraction of sp³-hybridized carbons (Fsp3) is 0.478. The Hall–Kier alpha value is -2.76. The van der Waals surface area contributed by atoms with Crippen LogP contribution in [0.1, 0.15) is 23.1 Å². The Balaban J connectivity index is 1.49. The summed E-state index contributed by atoms with van der Waals surface area (Å²) >= 11 is 0. The van der Waals surface area contributed by atoms with Crippen LogP contribution in [0.3, 0.4) is 0 Å². The molecule has 3 aliphatic rings. The van der Waals surface area contributed by atoms with E-state index in [-0.39, 0.29) is 17.8 Å². The monoisotopic (exact) mass is 462 g/mol. The lowest BCUT2D eigenvalue weighted by atomic mass is 9.89. The zero-order chi connectivity index (χ0) is 23.3. The Labute approximate surface area is 189 Å². The topological polar surface area (TPSA) is 136 Å². The first kappa shape index (κ1) is 22.1. The maximum atomic E-state index is 10.4. The summed E-state index contributed by atoms with van der Waals surface area (Å²) in [6.45, 7) is -0.184. The van der Waals surface area contributed by atoms with Crippen molar-refractivity contribution in [3.63, 3.8) is 0 Å². The molecule has 3 aliphatic heterocycles. The molecule has 1 saturated heterocycles. The summed E-state index contributed by atoms with van der Waals surface area (Å²) in [5.74, 6) is 2.17. The number of fused-ring (bicyclic) bond motifs is 5. The van der Waals surface area contributed by atoms with Gasteiger partial charge in [-0.3, -0.25) is 0 Å². The normalized spacial score (nSPS) is 32.0. The minimum absolute atomic E-state index is 0.107. The molecule has 10 heteroatoms.